The number of nitrogens with one attached hydrogen (secondary N) is 2. The van der Waals surface area contributed by atoms with Gasteiger partial charge < -0.3 is 10.6 Å². The molecule has 2 saturated heterocycles. The van der Waals surface area contributed by atoms with Crippen LogP contribution >= 0.6 is 24.8 Å². The topological polar surface area (TPSA) is 24.1 Å². The fourth-order valence-corrected chi connectivity index (χ4v) is 1.96. The first kappa shape index (κ1) is 11.5. The van der Waals surface area contributed by atoms with E-state index >= 15 is 0 Å². The molecule has 0 radical (unpaired) electrons. The monoisotopic (exact) mass is 198 g/mol. The summed E-state index contributed by atoms with van der Waals surface area (Å²) < 4.78 is 0. The fraction of sp³-hybridized carbons (Fsp3) is 1.00. The molecule has 2 heterocycles. The Morgan fingerprint density at radius 3 is 1.55 bits per heavy atom. The quantitative estimate of drug-likeness (QED) is 0.603. The van der Waals surface area contributed by atoms with E-state index in [0.29, 0.717) is 5.41 Å². The maximum atomic E-state index is 3.42. The van der Waals surface area contributed by atoms with Crippen molar-refractivity contribution in [3.05, 3.63) is 0 Å². The summed E-state index contributed by atoms with van der Waals surface area (Å²) in [4.78, 5) is 0. The lowest BCUT2D eigenvalue weighted by molar-refractivity contribution is 0.365. The van der Waals surface area contributed by atoms with Crippen molar-refractivity contribution < 1.29 is 0 Å². The molecule has 1 spiro atoms. The molecular formula is C7H16Cl2N2. The zero-order valence-corrected chi connectivity index (χ0v) is 8.19. The Bertz CT molecular complexity index is 89.5. The molecule has 2 rings (SSSR count). The van der Waals surface area contributed by atoms with Crippen molar-refractivity contribution in [2.45, 2.75) is 12.8 Å². The van der Waals surface area contributed by atoms with Gasteiger partial charge in [0.15, 0.2) is 0 Å². The summed E-state index contributed by atoms with van der Waals surface area (Å²) in [6.45, 7) is 4.98. The Morgan fingerprint density at radius 1 is 0.818 bits per heavy atom. The molecule has 2 N–H and O–H groups in total. The van der Waals surface area contributed by atoms with Gasteiger partial charge in [0.2, 0.25) is 0 Å². The van der Waals surface area contributed by atoms with Gasteiger partial charge in [0.1, 0.15) is 0 Å². The number of hydrogen-bond donors (Lipinski definition) is 2. The van der Waals surface area contributed by atoms with Gasteiger partial charge in [-0.15, -0.1) is 24.8 Å². The first-order chi connectivity index (χ1) is 4.41. The highest BCUT2D eigenvalue weighted by Crippen LogP contribution is 2.31. The van der Waals surface area contributed by atoms with Gasteiger partial charge in [-0.3, -0.25) is 0 Å². The van der Waals surface area contributed by atoms with Crippen LogP contribution in [0.3, 0.4) is 0 Å². The zero-order chi connectivity index (χ0) is 6.16. The van der Waals surface area contributed by atoms with Crippen LogP contribution in [0.4, 0.5) is 0 Å². The zero-order valence-electron chi connectivity index (χ0n) is 6.56. The molecule has 0 aromatic carbocycles. The van der Waals surface area contributed by atoms with Gasteiger partial charge in [0.05, 0.1) is 0 Å². The van der Waals surface area contributed by atoms with E-state index in [1.165, 1.54) is 39.0 Å². The fourth-order valence-electron chi connectivity index (χ4n) is 1.96. The number of halogens is 2. The highest BCUT2D eigenvalue weighted by atomic mass is 35.5. The molecule has 68 valence electrons. The molecular weight excluding hydrogens is 183 g/mol. The molecule has 2 fully saturated rings. The average molecular weight is 199 g/mol. The average Bonchev–Trinajstić information content (AvgIpc) is 2.45. The molecule has 0 saturated carbocycles. The largest absolute Gasteiger partial charge is 0.316 e. The van der Waals surface area contributed by atoms with Crippen molar-refractivity contribution in [2.75, 3.05) is 26.2 Å². The summed E-state index contributed by atoms with van der Waals surface area (Å²) in [6, 6.07) is 0. The Hall–Kier alpha value is 0.500. The minimum absolute atomic E-state index is 0. The molecule has 11 heavy (non-hydrogen) atoms. The second-order valence-electron chi connectivity index (χ2n) is 3.35. The SMILES string of the molecule is C1CC2(CCNC2)CN1.Cl.Cl. The standard InChI is InChI=1S/C7H14N2.2ClH/c1-3-8-5-7(1)2-4-9-6-7;;/h8-9H,1-6H2;2*1H. The van der Waals surface area contributed by atoms with Gasteiger partial charge in [0.25, 0.3) is 0 Å². The molecule has 0 bridgehead atoms. The maximum absolute atomic E-state index is 3.42. The summed E-state index contributed by atoms with van der Waals surface area (Å²) in [5.41, 5.74) is 0.667. The molecule has 0 aromatic rings. The van der Waals surface area contributed by atoms with Gasteiger partial charge in [-0.1, -0.05) is 0 Å². The Labute approximate surface area is 80.3 Å². The van der Waals surface area contributed by atoms with E-state index in [1.807, 2.05) is 0 Å². The third-order valence-electron chi connectivity index (χ3n) is 2.66. The van der Waals surface area contributed by atoms with E-state index in [-0.39, 0.29) is 24.8 Å². The lowest BCUT2D eigenvalue weighted by Gasteiger charge is -2.18. The van der Waals surface area contributed by atoms with Crippen molar-refractivity contribution in [1.29, 1.82) is 0 Å². The van der Waals surface area contributed by atoms with Crippen LogP contribution in [0.15, 0.2) is 0 Å². The van der Waals surface area contributed by atoms with Gasteiger partial charge in [-0.25, -0.2) is 0 Å². The van der Waals surface area contributed by atoms with Crippen LogP contribution in [0.2, 0.25) is 0 Å². The lowest BCUT2D eigenvalue weighted by Crippen LogP contribution is -2.26. The highest BCUT2D eigenvalue weighted by molar-refractivity contribution is 5.85. The van der Waals surface area contributed by atoms with Crippen LogP contribution in [0.25, 0.3) is 0 Å². The normalized spacial score (nSPS) is 26.2. The first-order valence-corrected chi connectivity index (χ1v) is 3.83. The molecule has 2 nitrogen and oxygen atoms in total. The molecule has 0 aromatic heterocycles. The van der Waals surface area contributed by atoms with Crippen LogP contribution in [0, 0.1) is 5.41 Å². The summed E-state index contributed by atoms with van der Waals surface area (Å²) in [6.07, 6.45) is 2.78. The summed E-state index contributed by atoms with van der Waals surface area (Å²) in [5, 5.41) is 6.83. The number of rotatable bonds is 0. The first-order valence-electron chi connectivity index (χ1n) is 3.83. The van der Waals surface area contributed by atoms with E-state index in [4.69, 9.17) is 0 Å². The van der Waals surface area contributed by atoms with Crippen molar-refractivity contribution in [1.82, 2.24) is 10.6 Å². The molecule has 0 unspecified atom stereocenters. The van der Waals surface area contributed by atoms with Crippen LogP contribution in [-0.2, 0) is 0 Å². The smallest absolute Gasteiger partial charge is 0.00209 e. The van der Waals surface area contributed by atoms with Crippen molar-refractivity contribution in [2.24, 2.45) is 5.41 Å². The Balaban J connectivity index is 0.000000500. The summed E-state index contributed by atoms with van der Waals surface area (Å²) in [5.74, 6) is 0. The van der Waals surface area contributed by atoms with Crippen molar-refractivity contribution >= 4 is 24.8 Å². The second kappa shape index (κ2) is 4.51. The Morgan fingerprint density at radius 2 is 1.27 bits per heavy atom. The van der Waals surface area contributed by atoms with E-state index in [1.54, 1.807) is 0 Å². The Kier molecular flexibility index (Phi) is 4.71. The van der Waals surface area contributed by atoms with Crippen molar-refractivity contribution in [3.63, 3.8) is 0 Å². The van der Waals surface area contributed by atoms with Gasteiger partial charge in [0, 0.05) is 13.1 Å². The van der Waals surface area contributed by atoms with E-state index in [0.717, 1.165) is 0 Å². The van der Waals surface area contributed by atoms with Crippen LogP contribution < -0.4 is 10.6 Å². The minimum Gasteiger partial charge on any atom is -0.316 e. The molecule has 0 atom stereocenters. The number of hydrogen-bond acceptors (Lipinski definition) is 2. The third-order valence-corrected chi connectivity index (χ3v) is 2.66. The lowest BCUT2D eigenvalue weighted by atomic mass is 9.87. The second-order valence-corrected chi connectivity index (χ2v) is 3.35. The molecule has 2 aliphatic rings. The minimum atomic E-state index is 0. The van der Waals surface area contributed by atoms with Crippen LogP contribution in [0.5, 0.6) is 0 Å². The van der Waals surface area contributed by atoms with Crippen LogP contribution in [0.1, 0.15) is 12.8 Å². The highest BCUT2D eigenvalue weighted by Gasteiger charge is 2.35. The van der Waals surface area contributed by atoms with Gasteiger partial charge in [-0.2, -0.15) is 0 Å². The maximum Gasteiger partial charge on any atom is 0.00209 e. The van der Waals surface area contributed by atoms with E-state index in [2.05, 4.69) is 10.6 Å². The van der Waals surface area contributed by atoms with Crippen LogP contribution in [-0.4, -0.2) is 26.2 Å². The molecule has 2 aliphatic heterocycles. The van der Waals surface area contributed by atoms with Gasteiger partial charge >= 0.3 is 0 Å². The predicted octanol–water partition coefficient (Wildman–Crippen LogP) is 0.803. The summed E-state index contributed by atoms with van der Waals surface area (Å²) in [7, 11) is 0. The summed E-state index contributed by atoms with van der Waals surface area (Å²) >= 11 is 0. The van der Waals surface area contributed by atoms with Gasteiger partial charge in [-0.05, 0) is 31.3 Å². The van der Waals surface area contributed by atoms with E-state index < -0.39 is 0 Å². The molecule has 0 aliphatic carbocycles. The third kappa shape index (κ3) is 2.22. The van der Waals surface area contributed by atoms with Crippen molar-refractivity contribution in [3.8, 4) is 0 Å². The molecule has 4 heteroatoms. The molecule has 0 amide bonds. The van der Waals surface area contributed by atoms with E-state index in [9.17, 15) is 0 Å². The predicted molar refractivity (Wildman–Crippen MR) is 51.9 cm³/mol.